The number of aliphatic hydroxyl groups excluding tert-OH is 1. The lowest BCUT2D eigenvalue weighted by Gasteiger charge is -2.29. The average molecular weight is 274 g/mol. The van der Waals surface area contributed by atoms with Crippen LogP contribution in [0, 0.1) is 5.92 Å². The molecule has 1 unspecified atom stereocenters. The quantitative estimate of drug-likeness (QED) is 0.716. The van der Waals surface area contributed by atoms with E-state index in [0.29, 0.717) is 0 Å². The molecule has 1 heteroatoms. The molecule has 112 valence electrons. The van der Waals surface area contributed by atoms with E-state index in [0.717, 1.165) is 23.8 Å². The Balaban J connectivity index is 1.87. The molecule has 1 nitrogen and oxygen atoms in total. The minimum atomic E-state index is -0.297. The van der Waals surface area contributed by atoms with Crippen LogP contribution in [0.25, 0.3) is 0 Å². The van der Waals surface area contributed by atoms with Gasteiger partial charge in [-0.2, -0.15) is 0 Å². The van der Waals surface area contributed by atoms with Gasteiger partial charge in [0.15, 0.2) is 0 Å². The molecule has 1 saturated carbocycles. The van der Waals surface area contributed by atoms with E-state index in [1.807, 2.05) is 6.92 Å². The van der Waals surface area contributed by atoms with Crippen LogP contribution in [-0.4, -0.2) is 5.11 Å². The fraction of sp³-hybridized carbons (Fsp3) is 0.684. The van der Waals surface area contributed by atoms with Gasteiger partial charge in [0.25, 0.3) is 0 Å². The number of aliphatic hydroxyl groups is 1. The van der Waals surface area contributed by atoms with Crippen LogP contribution < -0.4 is 0 Å². The molecule has 20 heavy (non-hydrogen) atoms. The SMILES string of the molecule is CCCCC1CCC(c2ccc(C(O)CC)cc2)CC1. The van der Waals surface area contributed by atoms with Crippen molar-refractivity contribution in [3.05, 3.63) is 35.4 Å². The topological polar surface area (TPSA) is 20.2 Å². The van der Waals surface area contributed by atoms with Crippen LogP contribution in [0.3, 0.4) is 0 Å². The standard InChI is InChI=1S/C19H30O/c1-3-5-6-15-7-9-16(10-8-15)17-11-13-18(14-12-17)19(20)4-2/h11-16,19-20H,3-10H2,1-2H3. The van der Waals surface area contributed by atoms with Gasteiger partial charge in [-0.15, -0.1) is 0 Å². The predicted octanol–water partition coefficient (Wildman–Crippen LogP) is 5.59. The van der Waals surface area contributed by atoms with Gasteiger partial charge in [-0.3, -0.25) is 0 Å². The normalized spacial score (nSPS) is 24.6. The van der Waals surface area contributed by atoms with Crippen molar-refractivity contribution >= 4 is 0 Å². The van der Waals surface area contributed by atoms with Crippen LogP contribution in [0.5, 0.6) is 0 Å². The van der Waals surface area contributed by atoms with Gasteiger partial charge in [0.1, 0.15) is 0 Å². The molecule has 1 aliphatic rings. The van der Waals surface area contributed by atoms with E-state index in [9.17, 15) is 5.11 Å². The van der Waals surface area contributed by atoms with Crippen LogP contribution in [0.1, 0.15) is 88.4 Å². The lowest BCUT2D eigenvalue weighted by molar-refractivity contribution is 0.173. The van der Waals surface area contributed by atoms with Gasteiger partial charge in [-0.25, -0.2) is 0 Å². The largest absolute Gasteiger partial charge is 0.388 e. The van der Waals surface area contributed by atoms with E-state index < -0.39 is 0 Å². The van der Waals surface area contributed by atoms with E-state index in [-0.39, 0.29) is 6.10 Å². The van der Waals surface area contributed by atoms with E-state index in [2.05, 4.69) is 31.2 Å². The summed E-state index contributed by atoms with van der Waals surface area (Å²) in [5.74, 6) is 1.73. The zero-order valence-corrected chi connectivity index (χ0v) is 13.1. The van der Waals surface area contributed by atoms with Gasteiger partial charge in [-0.1, -0.05) is 57.4 Å². The molecule has 0 saturated heterocycles. The highest BCUT2D eigenvalue weighted by atomic mass is 16.3. The highest BCUT2D eigenvalue weighted by Gasteiger charge is 2.22. The first kappa shape index (κ1) is 15.6. The Morgan fingerprint density at radius 2 is 1.70 bits per heavy atom. The zero-order chi connectivity index (χ0) is 14.4. The molecule has 1 atom stereocenters. The van der Waals surface area contributed by atoms with E-state index in [1.165, 1.54) is 50.5 Å². The van der Waals surface area contributed by atoms with Crippen molar-refractivity contribution in [2.75, 3.05) is 0 Å². The summed E-state index contributed by atoms with van der Waals surface area (Å²) < 4.78 is 0. The Bertz CT molecular complexity index is 373. The van der Waals surface area contributed by atoms with Crippen LogP contribution in [0.15, 0.2) is 24.3 Å². The molecule has 1 fully saturated rings. The smallest absolute Gasteiger partial charge is 0.0787 e. The molecule has 0 bridgehead atoms. The number of hydrogen-bond acceptors (Lipinski definition) is 1. The van der Waals surface area contributed by atoms with Crippen molar-refractivity contribution in [3.63, 3.8) is 0 Å². The third-order valence-electron chi connectivity index (χ3n) is 4.99. The summed E-state index contributed by atoms with van der Waals surface area (Å²) >= 11 is 0. The molecule has 0 radical (unpaired) electrons. The summed E-state index contributed by atoms with van der Waals surface area (Å²) in [5.41, 5.74) is 2.54. The summed E-state index contributed by atoms with van der Waals surface area (Å²) in [7, 11) is 0. The first-order chi connectivity index (χ1) is 9.74. The second-order valence-corrected chi connectivity index (χ2v) is 6.45. The highest BCUT2D eigenvalue weighted by Crippen LogP contribution is 2.37. The maximum absolute atomic E-state index is 9.85. The molecule has 0 amide bonds. The maximum Gasteiger partial charge on any atom is 0.0787 e. The molecule has 1 N–H and O–H groups in total. The summed E-state index contributed by atoms with van der Waals surface area (Å²) in [6, 6.07) is 8.72. The summed E-state index contributed by atoms with van der Waals surface area (Å²) in [6.07, 6.45) is 10.2. The van der Waals surface area contributed by atoms with Crippen molar-refractivity contribution < 1.29 is 5.11 Å². The van der Waals surface area contributed by atoms with Crippen molar-refractivity contribution in [2.24, 2.45) is 5.92 Å². The van der Waals surface area contributed by atoms with Gasteiger partial charge in [0, 0.05) is 0 Å². The van der Waals surface area contributed by atoms with E-state index in [4.69, 9.17) is 0 Å². The average Bonchev–Trinajstić information content (AvgIpc) is 2.53. The van der Waals surface area contributed by atoms with Gasteiger partial charge >= 0.3 is 0 Å². The number of unbranched alkanes of at least 4 members (excludes halogenated alkanes) is 1. The Hall–Kier alpha value is -0.820. The monoisotopic (exact) mass is 274 g/mol. The molecule has 2 rings (SSSR count). The van der Waals surface area contributed by atoms with Gasteiger partial charge in [-0.05, 0) is 55.1 Å². The van der Waals surface area contributed by atoms with Crippen molar-refractivity contribution in [1.29, 1.82) is 0 Å². The lowest BCUT2D eigenvalue weighted by Crippen LogP contribution is -2.13. The van der Waals surface area contributed by atoms with Crippen molar-refractivity contribution in [3.8, 4) is 0 Å². The van der Waals surface area contributed by atoms with Gasteiger partial charge in [0.2, 0.25) is 0 Å². The van der Waals surface area contributed by atoms with Crippen LogP contribution in [0.2, 0.25) is 0 Å². The van der Waals surface area contributed by atoms with E-state index in [1.54, 1.807) is 0 Å². The van der Waals surface area contributed by atoms with Crippen LogP contribution >= 0.6 is 0 Å². The minimum absolute atomic E-state index is 0.297. The third kappa shape index (κ3) is 4.09. The Morgan fingerprint density at radius 1 is 1.05 bits per heavy atom. The minimum Gasteiger partial charge on any atom is -0.388 e. The summed E-state index contributed by atoms with van der Waals surface area (Å²) in [5, 5.41) is 9.85. The predicted molar refractivity (Wildman–Crippen MR) is 85.9 cm³/mol. The molecule has 0 spiro atoms. The van der Waals surface area contributed by atoms with Crippen molar-refractivity contribution in [1.82, 2.24) is 0 Å². The van der Waals surface area contributed by atoms with Gasteiger partial charge < -0.3 is 5.11 Å². The first-order valence-corrected chi connectivity index (χ1v) is 8.52. The molecule has 1 aromatic carbocycles. The van der Waals surface area contributed by atoms with E-state index >= 15 is 0 Å². The Kier molecular flexibility index (Phi) is 6.09. The number of rotatable bonds is 6. The number of hydrogen-bond donors (Lipinski definition) is 1. The molecule has 0 heterocycles. The fourth-order valence-corrected chi connectivity index (χ4v) is 3.50. The molecular weight excluding hydrogens is 244 g/mol. The van der Waals surface area contributed by atoms with Crippen LogP contribution in [-0.2, 0) is 0 Å². The molecule has 0 aromatic heterocycles. The Labute approximate surface area is 124 Å². The molecule has 1 aliphatic carbocycles. The number of benzene rings is 1. The van der Waals surface area contributed by atoms with Crippen LogP contribution in [0.4, 0.5) is 0 Å². The van der Waals surface area contributed by atoms with Gasteiger partial charge in [0.05, 0.1) is 6.10 Å². The lowest BCUT2D eigenvalue weighted by atomic mass is 9.77. The maximum atomic E-state index is 9.85. The second kappa shape index (κ2) is 7.83. The fourth-order valence-electron chi connectivity index (χ4n) is 3.50. The second-order valence-electron chi connectivity index (χ2n) is 6.45. The zero-order valence-electron chi connectivity index (χ0n) is 13.1. The molecular formula is C19H30O. The highest BCUT2D eigenvalue weighted by molar-refractivity contribution is 5.27. The summed E-state index contributed by atoms with van der Waals surface area (Å²) in [6.45, 7) is 4.31. The molecule has 0 aliphatic heterocycles. The summed E-state index contributed by atoms with van der Waals surface area (Å²) in [4.78, 5) is 0. The Morgan fingerprint density at radius 3 is 2.25 bits per heavy atom. The van der Waals surface area contributed by atoms with Crippen molar-refractivity contribution in [2.45, 2.75) is 77.2 Å². The third-order valence-corrected chi connectivity index (χ3v) is 4.99. The first-order valence-electron chi connectivity index (χ1n) is 8.52. The molecule has 1 aromatic rings.